The minimum absolute atomic E-state index is 0.0238. The Balaban J connectivity index is 1.39. The van der Waals surface area contributed by atoms with Crippen LogP contribution in [0.1, 0.15) is 30.0 Å². The minimum atomic E-state index is -0.522. The van der Waals surface area contributed by atoms with E-state index in [0.717, 1.165) is 30.1 Å². The van der Waals surface area contributed by atoms with Crippen molar-refractivity contribution in [3.8, 4) is 0 Å². The SMILES string of the molecule is CC(Nc1nc(Cl)nc(Nc2cc(CCc3ccc(F)cc3)[nH]n2)n1)c1ncc(F)cn1. The first-order valence-corrected chi connectivity index (χ1v) is 10.0. The van der Waals surface area contributed by atoms with E-state index in [1.807, 2.05) is 6.07 Å². The van der Waals surface area contributed by atoms with Crippen LogP contribution in [-0.4, -0.2) is 35.1 Å². The van der Waals surface area contributed by atoms with Crippen LogP contribution in [0.5, 0.6) is 0 Å². The molecule has 1 atom stereocenters. The van der Waals surface area contributed by atoms with Crippen molar-refractivity contribution in [1.82, 2.24) is 35.1 Å². The maximum atomic E-state index is 13.0. The standard InChI is InChI=1S/C20H18ClF2N9/c1-11(17-24-9-14(23)10-25-17)26-19-28-18(21)29-20(30-19)27-16-8-15(31-32-16)7-4-12-2-5-13(22)6-3-12/h2-3,5-6,8-11H,4,7H2,1H3,(H3,26,27,28,29,30,31,32). The number of hydrogen-bond donors (Lipinski definition) is 3. The molecule has 0 saturated heterocycles. The third kappa shape index (κ3) is 5.70. The van der Waals surface area contributed by atoms with E-state index in [2.05, 4.69) is 45.8 Å². The first-order valence-electron chi connectivity index (χ1n) is 9.66. The molecule has 4 rings (SSSR count). The summed E-state index contributed by atoms with van der Waals surface area (Å²) < 4.78 is 26.0. The second kappa shape index (κ2) is 9.60. The van der Waals surface area contributed by atoms with Crippen LogP contribution in [0.15, 0.2) is 42.7 Å². The molecule has 1 unspecified atom stereocenters. The molecule has 0 aliphatic carbocycles. The maximum Gasteiger partial charge on any atom is 0.234 e. The first kappa shape index (κ1) is 21.5. The number of anilines is 3. The summed E-state index contributed by atoms with van der Waals surface area (Å²) in [5, 5.41) is 13.1. The summed E-state index contributed by atoms with van der Waals surface area (Å²) in [7, 11) is 0. The molecular weight excluding hydrogens is 440 g/mol. The molecule has 0 radical (unpaired) electrons. The van der Waals surface area contributed by atoms with Gasteiger partial charge in [-0.05, 0) is 49.1 Å². The molecule has 0 fully saturated rings. The molecule has 0 spiro atoms. The second-order valence-electron chi connectivity index (χ2n) is 6.91. The van der Waals surface area contributed by atoms with Crippen molar-refractivity contribution < 1.29 is 8.78 Å². The van der Waals surface area contributed by atoms with Gasteiger partial charge in [0.1, 0.15) is 11.6 Å². The molecule has 1 aromatic carbocycles. The van der Waals surface area contributed by atoms with Gasteiger partial charge >= 0.3 is 0 Å². The van der Waals surface area contributed by atoms with Crippen LogP contribution >= 0.6 is 11.6 Å². The van der Waals surface area contributed by atoms with Crippen molar-refractivity contribution in [2.24, 2.45) is 0 Å². The van der Waals surface area contributed by atoms with Crippen molar-refractivity contribution >= 4 is 29.3 Å². The average Bonchev–Trinajstić information content (AvgIpc) is 3.20. The normalized spacial score (nSPS) is 11.9. The number of nitrogens with zero attached hydrogens (tertiary/aromatic N) is 6. The number of H-pyrrole nitrogens is 1. The van der Waals surface area contributed by atoms with E-state index in [4.69, 9.17) is 11.6 Å². The van der Waals surface area contributed by atoms with Crippen molar-refractivity contribution in [2.75, 3.05) is 10.6 Å². The number of halogens is 3. The first-order chi connectivity index (χ1) is 15.4. The van der Waals surface area contributed by atoms with Crippen molar-refractivity contribution in [3.05, 3.63) is 76.7 Å². The average molecular weight is 458 g/mol. The molecule has 0 bridgehead atoms. The zero-order chi connectivity index (χ0) is 22.5. The lowest BCUT2D eigenvalue weighted by molar-refractivity contribution is 0.604. The lowest BCUT2D eigenvalue weighted by atomic mass is 10.1. The van der Waals surface area contributed by atoms with Crippen LogP contribution in [0.4, 0.5) is 26.5 Å². The van der Waals surface area contributed by atoms with Crippen LogP contribution in [0.2, 0.25) is 5.28 Å². The number of aromatic nitrogens is 7. The summed E-state index contributed by atoms with van der Waals surface area (Å²) in [5.74, 6) is 0.479. The Morgan fingerprint density at radius 2 is 1.69 bits per heavy atom. The fourth-order valence-electron chi connectivity index (χ4n) is 2.87. The van der Waals surface area contributed by atoms with Gasteiger partial charge in [-0.3, -0.25) is 5.10 Å². The quantitative estimate of drug-likeness (QED) is 0.363. The van der Waals surface area contributed by atoms with E-state index in [0.29, 0.717) is 18.1 Å². The van der Waals surface area contributed by atoms with Gasteiger partial charge in [0.25, 0.3) is 0 Å². The number of benzene rings is 1. The van der Waals surface area contributed by atoms with E-state index >= 15 is 0 Å². The lowest BCUT2D eigenvalue weighted by Gasteiger charge is -2.12. The maximum absolute atomic E-state index is 13.0. The van der Waals surface area contributed by atoms with Crippen LogP contribution in [0, 0.1) is 11.6 Å². The highest BCUT2D eigenvalue weighted by Crippen LogP contribution is 2.18. The van der Waals surface area contributed by atoms with Gasteiger partial charge in [-0.1, -0.05) is 12.1 Å². The highest BCUT2D eigenvalue weighted by atomic mass is 35.5. The fourth-order valence-corrected chi connectivity index (χ4v) is 3.03. The van der Waals surface area contributed by atoms with Crippen LogP contribution in [0.3, 0.4) is 0 Å². The highest BCUT2D eigenvalue weighted by Gasteiger charge is 2.13. The summed E-state index contributed by atoms with van der Waals surface area (Å²) in [6.45, 7) is 1.78. The number of aromatic amines is 1. The third-order valence-corrected chi connectivity index (χ3v) is 4.62. The largest absolute Gasteiger partial charge is 0.344 e. The van der Waals surface area contributed by atoms with E-state index in [1.165, 1.54) is 12.1 Å². The van der Waals surface area contributed by atoms with Gasteiger partial charge in [0.2, 0.25) is 17.2 Å². The summed E-state index contributed by atoms with van der Waals surface area (Å²) in [6.07, 6.45) is 3.59. The molecule has 0 amide bonds. The molecule has 0 aliphatic rings. The monoisotopic (exact) mass is 457 g/mol. The van der Waals surface area contributed by atoms with E-state index in [-0.39, 0.29) is 23.0 Å². The molecule has 0 aliphatic heterocycles. The van der Waals surface area contributed by atoms with Gasteiger partial charge < -0.3 is 10.6 Å². The molecule has 3 heterocycles. The van der Waals surface area contributed by atoms with E-state index in [9.17, 15) is 8.78 Å². The number of aryl methyl sites for hydroxylation is 2. The smallest absolute Gasteiger partial charge is 0.234 e. The Kier molecular flexibility index (Phi) is 6.45. The van der Waals surface area contributed by atoms with E-state index in [1.54, 1.807) is 19.1 Å². The number of nitrogens with one attached hydrogen (secondary N) is 3. The highest BCUT2D eigenvalue weighted by molar-refractivity contribution is 6.28. The molecule has 3 aromatic heterocycles. The Labute approximate surface area is 186 Å². The molecule has 4 aromatic rings. The number of rotatable bonds is 8. The fraction of sp³-hybridized carbons (Fsp3) is 0.200. The predicted molar refractivity (Wildman–Crippen MR) is 115 cm³/mol. The summed E-state index contributed by atoms with van der Waals surface area (Å²) in [6, 6.07) is 7.81. The molecule has 32 heavy (non-hydrogen) atoms. The zero-order valence-corrected chi connectivity index (χ0v) is 17.6. The van der Waals surface area contributed by atoms with Crippen LogP contribution in [-0.2, 0) is 12.8 Å². The van der Waals surface area contributed by atoms with Gasteiger partial charge in [0, 0.05) is 11.8 Å². The zero-order valence-electron chi connectivity index (χ0n) is 16.9. The Bertz CT molecular complexity index is 1180. The van der Waals surface area contributed by atoms with Gasteiger partial charge in [-0.15, -0.1) is 0 Å². The molecule has 3 N–H and O–H groups in total. The van der Waals surface area contributed by atoms with Crippen molar-refractivity contribution in [2.45, 2.75) is 25.8 Å². The minimum Gasteiger partial charge on any atom is -0.344 e. The van der Waals surface area contributed by atoms with Gasteiger partial charge in [-0.25, -0.2) is 18.7 Å². The Morgan fingerprint density at radius 1 is 0.969 bits per heavy atom. The topological polar surface area (TPSA) is 117 Å². The van der Waals surface area contributed by atoms with Gasteiger partial charge in [-0.2, -0.15) is 20.1 Å². The summed E-state index contributed by atoms with van der Waals surface area (Å²) >= 11 is 6.02. The molecule has 9 nitrogen and oxygen atoms in total. The third-order valence-electron chi connectivity index (χ3n) is 4.45. The predicted octanol–water partition coefficient (Wildman–Crippen LogP) is 4.02. The molecule has 12 heteroatoms. The molecular formula is C20H18ClF2N9. The van der Waals surface area contributed by atoms with Crippen LogP contribution < -0.4 is 10.6 Å². The summed E-state index contributed by atoms with van der Waals surface area (Å²) in [4.78, 5) is 20.2. The van der Waals surface area contributed by atoms with Crippen molar-refractivity contribution in [3.63, 3.8) is 0 Å². The van der Waals surface area contributed by atoms with Gasteiger partial charge in [0.15, 0.2) is 11.6 Å². The second-order valence-corrected chi connectivity index (χ2v) is 7.25. The summed E-state index contributed by atoms with van der Waals surface area (Å²) in [5.41, 5.74) is 1.91. The number of hydrogen-bond acceptors (Lipinski definition) is 8. The van der Waals surface area contributed by atoms with E-state index < -0.39 is 11.9 Å². The van der Waals surface area contributed by atoms with Crippen molar-refractivity contribution in [1.29, 1.82) is 0 Å². The molecule has 164 valence electrons. The molecule has 0 saturated carbocycles. The lowest BCUT2D eigenvalue weighted by Crippen LogP contribution is -2.14. The van der Waals surface area contributed by atoms with Crippen LogP contribution in [0.25, 0.3) is 0 Å². The Morgan fingerprint density at radius 3 is 2.44 bits per heavy atom. The van der Waals surface area contributed by atoms with Gasteiger partial charge in [0.05, 0.1) is 18.4 Å². The Hall–Kier alpha value is -3.73.